The molecule has 0 N–H and O–H groups in total. The van der Waals surface area contributed by atoms with E-state index in [0.717, 1.165) is 0 Å². The lowest BCUT2D eigenvalue weighted by molar-refractivity contribution is -0.128. The van der Waals surface area contributed by atoms with E-state index >= 15 is 0 Å². The molecule has 1 aromatic heterocycles. The fraction of sp³-hybridized carbons (Fsp3) is 0.318. The molecule has 7 heteroatoms. The first-order chi connectivity index (χ1) is 13.9. The summed E-state index contributed by atoms with van der Waals surface area (Å²) in [6.45, 7) is 4.16. The highest BCUT2D eigenvalue weighted by molar-refractivity contribution is 5.93. The maximum atomic E-state index is 14.0. The van der Waals surface area contributed by atoms with Crippen molar-refractivity contribution in [2.45, 2.75) is 38.0 Å². The van der Waals surface area contributed by atoms with Gasteiger partial charge in [-0.2, -0.15) is 5.26 Å². The molecule has 150 valence electrons. The molecule has 5 nitrogen and oxygen atoms in total. The number of rotatable bonds is 6. The number of carbonyl (C=O) groups is 1. The molecular formula is C22H21F2N3O2. The molecule has 2 atom stereocenters. The molecule has 1 amide bonds. The molecule has 3 rings (SSSR count). The molecule has 0 saturated carbocycles. The number of carbonyl (C=O) groups excluding carboxylic acids is 1. The second kappa shape index (κ2) is 8.82. The summed E-state index contributed by atoms with van der Waals surface area (Å²) >= 11 is 0. The number of hydrogen-bond donors (Lipinski definition) is 0. The predicted molar refractivity (Wildman–Crippen MR) is 104 cm³/mol. The molecule has 0 bridgehead atoms. The van der Waals surface area contributed by atoms with Crippen LogP contribution in [-0.4, -0.2) is 28.1 Å². The molecule has 29 heavy (non-hydrogen) atoms. The van der Waals surface area contributed by atoms with Gasteiger partial charge in [-0.25, -0.2) is 8.78 Å². The lowest BCUT2D eigenvalue weighted by Gasteiger charge is -2.25. The Morgan fingerprint density at radius 3 is 2.79 bits per heavy atom. The van der Waals surface area contributed by atoms with E-state index in [1.165, 1.54) is 27.7 Å². The number of amides is 1. The minimum Gasteiger partial charge on any atom is -0.329 e. The van der Waals surface area contributed by atoms with Gasteiger partial charge < -0.3 is 9.47 Å². The van der Waals surface area contributed by atoms with Crippen molar-refractivity contribution in [2.75, 3.05) is 6.54 Å². The Bertz CT molecular complexity index is 1030. The molecule has 1 aliphatic rings. The number of hydrogen-bond acceptors (Lipinski definition) is 3. The van der Waals surface area contributed by atoms with Crippen LogP contribution in [0.3, 0.4) is 0 Å². The van der Waals surface area contributed by atoms with Gasteiger partial charge in [0.15, 0.2) is 0 Å². The van der Waals surface area contributed by atoms with Crippen LogP contribution < -0.4 is 5.56 Å². The van der Waals surface area contributed by atoms with Gasteiger partial charge in [-0.15, -0.1) is 0 Å². The summed E-state index contributed by atoms with van der Waals surface area (Å²) in [5, 5.41) is 8.80. The van der Waals surface area contributed by atoms with Crippen molar-refractivity contribution in [3.63, 3.8) is 0 Å². The third-order valence-corrected chi connectivity index (χ3v) is 5.05. The lowest BCUT2D eigenvalue weighted by atomic mass is 10.0. The molecule has 1 aliphatic heterocycles. The number of nitrogens with zero attached hydrogens (tertiary/aromatic N) is 3. The van der Waals surface area contributed by atoms with Gasteiger partial charge in [0, 0.05) is 30.8 Å². The zero-order chi connectivity index (χ0) is 21.0. The number of halogens is 2. The van der Waals surface area contributed by atoms with E-state index in [2.05, 4.69) is 6.58 Å². The average Bonchev–Trinajstić information content (AvgIpc) is 3.10. The molecule has 0 radical (unpaired) electrons. The fourth-order valence-electron chi connectivity index (χ4n) is 3.57. The van der Waals surface area contributed by atoms with Crippen LogP contribution in [0.1, 0.15) is 36.4 Å². The summed E-state index contributed by atoms with van der Waals surface area (Å²) in [5.74, 6) is -0.782. The number of aromatic nitrogens is 1. The average molecular weight is 397 g/mol. The van der Waals surface area contributed by atoms with Gasteiger partial charge >= 0.3 is 0 Å². The van der Waals surface area contributed by atoms with Crippen LogP contribution in [0.15, 0.2) is 59.5 Å². The van der Waals surface area contributed by atoms with E-state index in [1.807, 2.05) is 6.07 Å². The minimum atomic E-state index is -1.17. The maximum absolute atomic E-state index is 14.0. The van der Waals surface area contributed by atoms with E-state index in [9.17, 15) is 18.4 Å². The largest absolute Gasteiger partial charge is 0.329 e. The third kappa shape index (κ3) is 4.77. The highest BCUT2D eigenvalue weighted by Gasteiger charge is 2.37. The highest BCUT2D eigenvalue weighted by atomic mass is 19.1. The Morgan fingerprint density at radius 2 is 2.10 bits per heavy atom. The summed E-state index contributed by atoms with van der Waals surface area (Å²) in [7, 11) is 0. The molecular weight excluding hydrogens is 376 g/mol. The van der Waals surface area contributed by atoms with Crippen LogP contribution in [-0.2, 0) is 11.3 Å². The van der Waals surface area contributed by atoms with Crippen LogP contribution in [0.4, 0.5) is 8.78 Å². The smallest absolute Gasteiger partial charge is 0.251 e. The molecule has 1 saturated heterocycles. The summed E-state index contributed by atoms with van der Waals surface area (Å²) < 4.78 is 29.0. The molecule has 1 aromatic carbocycles. The van der Waals surface area contributed by atoms with Crippen LogP contribution >= 0.6 is 0 Å². The Balaban J connectivity index is 1.62. The summed E-state index contributed by atoms with van der Waals surface area (Å²) in [5.41, 5.74) is 0.897. The van der Waals surface area contributed by atoms with Crippen molar-refractivity contribution in [3.05, 3.63) is 82.0 Å². The zero-order valence-electron chi connectivity index (χ0n) is 15.9. The lowest BCUT2D eigenvalue weighted by Crippen LogP contribution is -2.32. The van der Waals surface area contributed by atoms with E-state index in [0.29, 0.717) is 36.1 Å². The van der Waals surface area contributed by atoms with Gasteiger partial charge in [-0.3, -0.25) is 9.59 Å². The Kier molecular flexibility index (Phi) is 6.23. The first-order valence-electron chi connectivity index (χ1n) is 9.38. The first kappa shape index (κ1) is 20.5. The second-order valence-electron chi connectivity index (χ2n) is 7.13. The normalized spacial score (nSPS) is 18.4. The highest BCUT2D eigenvalue weighted by Crippen LogP contribution is 2.35. The van der Waals surface area contributed by atoms with Gasteiger partial charge in [-0.05, 0) is 36.6 Å². The Hall–Kier alpha value is -3.27. The van der Waals surface area contributed by atoms with Crippen LogP contribution in [0.25, 0.3) is 0 Å². The number of likely N-dealkylation sites (tertiary alicyclic amines) is 1. The zero-order valence-corrected chi connectivity index (χ0v) is 15.9. The number of nitriles is 1. The van der Waals surface area contributed by atoms with Gasteiger partial charge in [-0.1, -0.05) is 18.7 Å². The monoisotopic (exact) mass is 397 g/mol. The van der Waals surface area contributed by atoms with Crippen molar-refractivity contribution >= 4 is 5.91 Å². The fourth-order valence-corrected chi connectivity index (χ4v) is 3.57. The molecule has 2 unspecified atom stereocenters. The van der Waals surface area contributed by atoms with Crippen molar-refractivity contribution < 1.29 is 13.6 Å². The number of alkyl halides is 1. The number of aryl methyl sites for hydroxylation is 1. The summed E-state index contributed by atoms with van der Waals surface area (Å²) in [6, 6.07) is 10.1. The van der Waals surface area contributed by atoms with Crippen molar-refractivity contribution in [3.8, 4) is 6.07 Å². The topological polar surface area (TPSA) is 66.1 Å². The van der Waals surface area contributed by atoms with Gasteiger partial charge in [0.1, 0.15) is 12.0 Å². The summed E-state index contributed by atoms with van der Waals surface area (Å²) in [4.78, 5) is 26.1. The minimum absolute atomic E-state index is 0.0475. The molecule has 2 heterocycles. The summed E-state index contributed by atoms with van der Waals surface area (Å²) in [6.07, 6.45) is 1.34. The van der Waals surface area contributed by atoms with Crippen LogP contribution in [0.2, 0.25) is 0 Å². The molecule has 1 fully saturated rings. The van der Waals surface area contributed by atoms with Gasteiger partial charge in [0.2, 0.25) is 5.91 Å². The Morgan fingerprint density at radius 1 is 1.31 bits per heavy atom. The maximum Gasteiger partial charge on any atom is 0.251 e. The first-order valence-corrected chi connectivity index (χ1v) is 9.38. The van der Waals surface area contributed by atoms with E-state index in [1.54, 1.807) is 24.4 Å². The number of pyridine rings is 1. The Labute approximate surface area is 167 Å². The van der Waals surface area contributed by atoms with Gasteiger partial charge in [0.25, 0.3) is 5.56 Å². The van der Waals surface area contributed by atoms with Crippen molar-refractivity contribution in [1.82, 2.24) is 9.47 Å². The van der Waals surface area contributed by atoms with E-state index in [-0.39, 0.29) is 24.4 Å². The molecule has 2 aromatic rings. The van der Waals surface area contributed by atoms with Crippen molar-refractivity contribution in [1.29, 1.82) is 5.26 Å². The molecule has 0 aliphatic carbocycles. The SMILES string of the molecule is C=C(CCCn1ccc(C#N)cc1=O)C(=O)N1CC(F)CC1c1cccc(F)c1. The molecule has 0 spiro atoms. The van der Waals surface area contributed by atoms with Crippen molar-refractivity contribution in [2.24, 2.45) is 0 Å². The van der Waals surface area contributed by atoms with Gasteiger partial charge in [0.05, 0.1) is 24.2 Å². The van der Waals surface area contributed by atoms with E-state index < -0.39 is 18.0 Å². The van der Waals surface area contributed by atoms with Crippen LogP contribution in [0, 0.1) is 17.1 Å². The second-order valence-corrected chi connectivity index (χ2v) is 7.13. The third-order valence-electron chi connectivity index (χ3n) is 5.05. The quantitative estimate of drug-likeness (QED) is 0.701. The predicted octanol–water partition coefficient (Wildman–Crippen LogP) is 3.51. The van der Waals surface area contributed by atoms with Crippen LogP contribution in [0.5, 0.6) is 0 Å². The number of benzene rings is 1. The standard InChI is InChI=1S/C22H21F2N3O2/c1-15(4-3-8-26-9-7-16(13-25)10-21(26)28)22(29)27-14-19(24)12-20(27)17-5-2-6-18(23)11-17/h2,5-7,9-11,19-20H,1,3-4,8,12,14H2. The van der Waals surface area contributed by atoms with E-state index in [4.69, 9.17) is 5.26 Å².